The van der Waals surface area contributed by atoms with Gasteiger partial charge in [0.2, 0.25) is 0 Å². The molecule has 80 valence electrons. The van der Waals surface area contributed by atoms with Gasteiger partial charge in [0, 0.05) is 5.56 Å². The van der Waals surface area contributed by atoms with Gasteiger partial charge in [-0.2, -0.15) is 0 Å². The number of hydrogen-bond donors (Lipinski definition) is 1. The molecule has 0 aliphatic carbocycles. The Morgan fingerprint density at radius 3 is 2.27 bits per heavy atom. The summed E-state index contributed by atoms with van der Waals surface area (Å²) in [6.45, 7) is 1.63. The van der Waals surface area contributed by atoms with Gasteiger partial charge in [-0.15, -0.1) is 0 Å². The average molecular weight is 210 g/mol. The van der Waals surface area contributed by atoms with Crippen molar-refractivity contribution >= 4 is 11.8 Å². The van der Waals surface area contributed by atoms with E-state index < -0.39 is 23.5 Å². The van der Waals surface area contributed by atoms with Gasteiger partial charge in [-0.3, -0.25) is 9.59 Å². The Labute approximate surface area is 86.5 Å². The predicted octanol–water partition coefficient (Wildman–Crippen LogP) is 2.12. The Morgan fingerprint density at radius 1 is 1.33 bits per heavy atom. The highest BCUT2D eigenvalue weighted by molar-refractivity contribution is 6.08. The molecule has 0 amide bonds. The van der Waals surface area contributed by atoms with Crippen LogP contribution in [0.1, 0.15) is 23.7 Å². The normalized spacial score (nSPS) is 12.1. The molecule has 0 aromatic heterocycles. The zero-order valence-corrected chi connectivity index (χ0v) is 8.24. The summed E-state index contributed by atoms with van der Waals surface area (Å²) < 4.78 is 12.6. The lowest BCUT2D eigenvalue weighted by Crippen LogP contribution is -2.23. The maximum atomic E-state index is 12.6. The summed E-state index contributed by atoms with van der Waals surface area (Å²) in [5, 5.41) is 8.76. The number of benzene rings is 1. The molecule has 0 bridgehead atoms. The standard InChI is InChI=1S/C11H11FO3/c1-2-9(11(14)15)10(13)7-3-5-8(12)6-4-7/h3-6,9H,2H2,1H3,(H,14,15). The lowest BCUT2D eigenvalue weighted by Gasteiger charge is -2.07. The first-order chi connectivity index (χ1) is 7.06. The smallest absolute Gasteiger partial charge is 0.314 e. The fourth-order valence-corrected chi connectivity index (χ4v) is 1.29. The van der Waals surface area contributed by atoms with Crippen LogP contribution in [-0.4, -0.2) is 16.9 Å². The van der Waals surface area contributed by atoms with Gasteiger partial charge >= 0.3 is 5.97 Å². The van der Waals surface area contributed by atoms with Crippen molar-refractivity contribution in [2.24, 2.45) is 5.92 Å². The molecule has 1 aromatic rings. The van der Waals surface area contributed by atoms with E-state index in [1.54, 1.807) is 6.92 Å². The van der Waals surface area contributed by atoms with Gasteiger partial charge in [-0.25, -0.2) is 4.39 Å². The van der Waals surface area contributed by atoms with Gasteiger partial charge in [0.05, 0.1) is 0 Å². The Bertz CT molecular complexity index is 370. The fourth-order valence-electron chi connectivity index (χ4n) is 1.29. The first-order valence-electron chi connectivity index (χ1n) is 4.58. The highest BCUT2D eigenvalue weighted by atomic mass is 19.1. The number of halogens is 1. The van der Waals surface area contributed by atoms with Crippen LogP contribution in [0.5, 0.6) is 0 Å². The first kappa shape index (κ1) is 11.4. The molecular formula is C11H11FO3. The molecule has 0 aliphatic heterocycles. The van der Waals surface area contributed by atoms with E-state index in [0.717, 1.165) is 12.1 Å². The zero-order valence-electron chi connectivity index (χ0n) is 8.24. The Balaban J connectivity index is 2.93. The largest absolute Gasteiger partial charge is 0.481 e. The maximum absolute atomic E-state index is 12.6. The highest BCUT2D eigenvalue weighted by Crippen LogP contribution is 2.13. The van der Waals surface area contributed by atoms with E-state index in [1.165, 1.54) is 12.1 Å². The van der Waals surface area contributed by atoms with Gasteiger partial charge in [0.15, 0.2) is 5.78 Å². The van der Waals surface area contributed by atoms with E-state index in [1.807, 2.05) is 0 Å². The predicted molar refractivity (Wildman–Crippen MR) is 52.1 cm³/mol. The monoisotopic (exact) mass is 210 g/mol. The van der Waals surface area contributed by atoms with E-state index in [0.29, 0.717) is 0 Å². The molecule has 1 N–H and O–H groups in total. The second-order valence-corrected chi connectivity index (χ2v) is 3.17. The van der Waals surface area contributed by atoms with E-state index in [-0.39, 0.29) is 12.0 Å². The fraction of sp³-hybridized carbons (Fsp3) is 0.273. The van der Waals surface area contributed by atoms with Crippen molar-refractivity contribution in [3.05, 3.63) is 35.6 Å². The van der Waals surface area contributed by atoms with Crippen LogP contribution in [0.25, 0.3) is 0 Å². The lowest BCUT2D eigenvalue weighted by molar-refractivity contribution is -0.140. The summed E-state index contributed by atoms with van der Waals surface area (Å²) in [7, 11) is 0. The molecule has 0 spiro atoms. The molecule has 0 saturated carbocycles. The highest BCUT2D eigenvalue weighted by Gasteiger charge is 2.24. The number of aliphatic carboxylic acids is 1. The summed E-state index contributed by atoms with van der Waals surface area (Å²) in [5.74, 6) is -3.12. The van der Waals surface area contributed by atoms with Crippen LogP contribution < -0.4 is 0 Å². The first-order valence-corrected chi connectivity index (χ1v) is 4.58. The molecule has 4 heteroatoms. The number of carboxylic acid groups (broad SMARTS) is 1. The number of ketones is 1. The van der Waals surface area contributed by atoms with E-state index in [9.17, 15) is 14.0 Å². The van der Waals surface area contributed by atoms with Gasteiger partial charge in [0.25, 0.3) is 0 Å². The summed E-state index contributed by atoms with van der Waals surface area (Å²) in [6.07, 6.45) is 0.228. The third-order valence-electron chi connectivity index (χ3n) is 2.15. The van der Waals surface area contributed by atoms with Crippen molar-refractivity contribution in [3.8, 4) is 0 Å². The molecule has 1 aromatic carbocycles. The molecule has 1 unspecified atom stereocenters. The molecule has 0 aliphatic rings. The average Bonchev–Trinajstić information content (AvgIpc) is 2.19. The molecule has 3 nitrogen and oxygen atoms in total. The minimum absolute atomic E-state index is 0.227. The van der Waals surface area contributed by atoms with Crippen LogP contribution in [0.2, 0.25) is 0 Å². The summed E-state index contributed by atoms with van der Waals surface area (Å²) in [5.41, 5.74) is 0.227. The van der Waals surface area contributed by atoms with Crippen molar-refractivity contribution < 1.29 is 19.1 Å². The second kappa shape index (κ2) is 4.68. The van der Waals surface area contributed by atoms with Crippen LogP contribution in [0.15, 0.2) is 24.3 Å². The van der Waals surface area contributed by atoms with Crippen LogP contribution in [0, 0.1) is 11.7 Å². The number of carbonyl (C=O) groups is 2. The van der Waals surface area contributed by atoms with Crippen LogP contribution in [0.3, 0.4) is 0 Å². The van der Waals surface area contributed by atoms with Crippen LogP contribution in [0.4, 0.5) is 4.39 Å². The van der Waals surface area contributed by atoms with Gasteiger partial charge in [-0.1, -0.05) is 6.92 Å². The van der Waals surface area contributed by atoms with Crippen molar-refractivity contribution in [3.63, 3.8) is 0 Å². The number of Topliss-reactive ketones (excluding diaryl/α,β-unsaturated/α-hetero) is 1. The van der Waals surface area contributed by atoms with Crippen LogP contribution in [-0.2, 0) is 4.79 Å². The third-order valence-corrected chi connectivity index (χ3v) is 2.15. The molecule has 0 fully saturated rings. The third kappa shape index (κ3) is 2.62. The topological polar surface area (TPSA) is 54.4 Å². The zero-order chi connectivity index (χ0) is 11.4. The van der Waals surface area contributed by atoms with E-state index in [2.05, 4.69) is 0 Å². The maximum Gasteiger partial charge on any atom is 0.314 e. The Morgan fingerprint density at radius 2 is 1.87 bits per heavy atom. The number of hydrogen-bond acceptors (Lipinski definition) is 2. The summed E-state index contributed by atoms with van der Waals surface area (Å²) in [4.78, 5) is 22.3. The van der Waals surface area contributed by atoms with E-state index in [4.69, 9.17) is 5.11 Å². The van der Waals surface area contributed by atoms with Crippen molar-refractivity contribution in [2.45, 2.75) is 13.3 Å². The molecule has 1 rings (SSSR count). The SMILES string of the molecule is CCC(C(=O)O)C(=O)c1ccc(F)cc1. The minimum atomic E-state index is -1.15. The minimum Gasteiger partial charge on any atom is -0.481 e. The molecule has 15 heavy (non-hydrogen) atoms. The molecular weight excluding hydrogens is 199 g/mol. The molecule has 1 atom stereocenters. The van der Waals surface area contributed by atoms with Crippen molar-refractivity contribution in [1.29, 1.82) is 0 Å². The van der Waals surface area contributed by atoms with Gasteiger partial charge in [0.1, 0.15) is 11.7 Å². The lowest BCUT2D eigenvalue weighted by atomic mass is 9.95. The summed E-state index contributed by atoms with van der Waals surface area (Å²) in [6, 6.07) is 4.87. The Kier molecular flexibility index (Phi) is 3.55. The van der Waals surface area contributed by atoms with Gasteiger partial charge in [-0.05, 0) is 30.7 Å². The molecule has 0 radical (unpaired) electrons. The van der Waals surface area contributed by atoms with Gasteiger partial charge < -0.3 is 5.11 Å². The summed E-state index contributed by atoms with van der Waals surface area (Å²) >= 11 is 0. The van der Waals surface area contributed by atoms with E-state index >= 15 is 0 Å². The van der Waals surface area contributed by atoms with Crippen LogP contribution >= 0.6 is 0 Å². The molecule has 0 saturated heterocycles. The number of rotatable bonds is 4. The van der Waals surface area contributed by atoms with Crippen molar-refractivity contribution in [2.75, 3.05) is 0 Å². The van der Waals surface area contributed by atoms with Crippen molar-refractivity contribution in [1.82, 2.24) is 0 Å². The number of carboxylic acids is 1. The second-order valence-electron chi connectivity index (χ2n) is 3.17. The quantitative estimate of drug-likeness (QED) is 0.611. The Hall–Kier alpha value is -1.71. The molecule has 0 heterocycles. The number of carbonyl (C=O) groups excluding carboxylic acids is 1.